The summed E-state index contributed by atoms with van der Waals surface area (Å²) in [6.45, 7) is 3.45. The molecule has 3 heteroatoms. The van der Waals surface area contributed by atoms with Gasteiger partial charge in [0.15, 0.2) is 0 Å². The van der Waals surface area contributed by atoms with E-state index in [1.165, 1.54) is 25.7 Å². The molecule has 2 atom stereocenters. The molecule has 1 amide bonds. The smallest absolute Gasteiger partial charge is 0.222 e. The molecule has 0 bridgehead atoms. The second kappa shape index (κ2) is 4.52. The number of hydrogen-bond donors (Lipinski definition) is 1. The average Bonchev–Trinajstić information content (AvgIpc) is 3.00. The van der Waals surface area contributed by atoms with E-state index in [0.29, 0.717) is 24.8 Å². The van der Waals surface area contributed by atoms with Gasteiger partial charge in [0.25, 0.3) is 0 Å². The van der Waals surface area contributed by atoms with Gasteiger partial charge in [0.05, 0.1) is 5.60 Å². The van der Waals surface area contributed by atoms with E-state index in [0.717, 1.165) is 19.4 Å². The minimum Gasteiger partial charge on any atom is -0.387 e. The second-order valence-electron chi connectivity index (χ2n) is 6.80. The molecule has 3 fully saturated rings. The summed E-state index contributed by atoms with van der Waals surface area (Å²) in [5.74, 6) is 1.60. The Labute approximate surface area is 110 Å². The summed E-state index contributed by atoms with van der Waals surface area (Å²) in [6.07, 6.45) is 8.04. The zero-order valence-corrected chi connectivity index (χ0v) is 11.4. The molecular weight excluding hydrogens is 226 g/mol. The van der Waals surface area contributed by atoms with Crippen molar-refractivity contribution in [1.29, 1.82) is 0 Å². The van der Waals surface area contributed by atoms with E-state index >= 15 is 0 Å². The molecule has 0 aromatic carbocycles. The number of rotatable bonds is 3. The Morgan fingerprint density at radius 1 is 1.28 bits per heavy atom. The Bertz CT molecular complexity index is 333. The maximum atomic E-state index is 12.3. The van der Waals surface area contributed by atoms with Crippen molar-refractivity contribution in [2.75, 3.05) is 13.1 Å². The van der Waals surface area contributed by atoms with E-state index in [-0.39, 0.29) is 11.8 Å². The third-order valence-corrected chi connectivity index (χ3v) is 5.37. The van der Waals surface area contributed by atoms with Crippen molar-refractivity contribution in [2.45, 2.75) is 57.5 Å². The zero-order valence-electron chi connectivity index (χ0n) is 11.4. The van der Waals surface area contributed by atoms with Crippen LogP contribution in [0.3, 0.4) is 0 Å². The summed E-state index contributed by atoms with van der Waals surface area (Å²) in [5.41, 5.74) is -0.578. The van der Waals surface area contributed by atoms with Gasteiger partial charge >= 0.3 is 0 Å². The van der Waals surface area contributed by atoms with Crippen molar-refractivity contribution in [3.05, 3.63) is 0 Å². The van der Waals surface area contributed by atoms with Gasteiger partial charge in [-0.3, -0.25) is 4.79 Å². The molecule has 3 nitrogen and oxygen atoms in total. The van der Waals surface area contributed by atoms with E-state index < -0.39 is 5.60 Å². The lowest BCUT2D eigenvalue weighted by Gasteiger charge is -2.26. The first kappa shape index (κ1) is 12.5. The fourth-order valence-electron chi connectivity index (χ4n) is 3.91. The minimum absolute atomic E-state index is 0.248. The third-order valence-electron chi connectivity index (χ3n) is 5.37. The quantitative estimate of drug-likeness (QED) is 0.835. The van der Waals surface area contributed by atoms with E-state index in [1.807, 2.05) is 4.90 Å². The molecule has 0 aromatic heterocycles. The van der Waals surface area contributed by atoms with Gasteiger partial charge in [-0.05, 0) is 37.5 Å². The Balaban J connectivity index is 1.58. The van der Waals surface area contributed by atoms with E-state index in [1.54, 1.807) is 0 Å². The summed E-state index contributed by atoms with van der Waals surface area (Å²) in [5, 5.41) is 10.7. The van der Waals surface area contributed by atoms with Crippen LogP contribution in [0.5, 0.6) is 0 Å². The van der Waals surface area contributed by atoms with Crippen molar-refractivity contribution >= 4 is 5.91 Å². The average molecular weight is 251 g/mol. The Hall–Kier alpha value is -0.570. The molecule has 2 saturated carbocycles. The van der Waals surface area contributed by atoms with E-state index in [9.17, 15) is 9.90 Å². The molecule has 1 heterocycles. The van der Waals surface area contributed by atoms with Gasteiger partial charge in [-0.25, -0.2) is 0 Å². The summed E-state index contributed by atoms with van der Waals surface area (Å²) >= 11 is 0. The number of hydrogen-bond acceptors (Lipinski definition) is 2. The first-order valence-electron chi connectivity index (χ1n) is 7.60. The van der Waals surface area contributed by atoms with Crippen LogP contribution in [0.1, 0.15) is 51.9 Å². The van der Waals surface area contributed by atoms with Crippen molar-refractivity contribution < 1.29 is 9.90 Å². The third kappa shape index (κ3) is 2.18. The van der Waals surface area contributed by atoms with Crippen LogP contribution in [0, 0.1) is 17.8 Å². The largest absolute Gasteiger partial charge is 0.387 e. The highest BCUT2D eigenvalue weighted by Crippen LogP contribution is 2.47. The molecule has 1 aliphatic heterocycles. The molecule has 3 aliphatic rings. The minimum atomic E-state index is -0.578. The highest BCUT2D eigenvalue weighted by atomic mass is 16.3. The fraction of sp³-hybridized carbons (Fsp3) is 0.933. The maximum absolute atomic E-state index is 12.3. The van der Waals surface area contributed by atoms with Gasteiger partial charge in [-0.1, -0.05) is 19.8 Å². The summed E-state index contributed by atoms with van der Waals surface area (Å²) in [4.78, 5) is 14.2. The molecular formula is C15H25NO2. The molecule has 0 radical (unpaired) electrons. The van der Waals surface area contributed by atoms with Gasteiger partial charge in [0, 0.05) is 25.4 Å². The van der Waals surface area contributed by atoms with Crippen LogP contribution in [-0.2, 0) is 4.79 Å². The molecule has 0 aromatic rings. The van der Waals surface area contributed by atoms with Crippen molar-refractivity contribution in [3.63, 3.8) is 0 Å². The molecule has 2 aliphatic carbocycles. The van der Waals surface area contributed by atoms with Gasteiger partial charge in [-0.15, -0.1) is 0 Å². The SMILES string of the molecule is C[C@@H]1CN(C(=O)CC2CCCC2)C[C@@]1(O)C1CC1. The topological polar surface area (TPSA) is 40.5 Å². The molecule has 18 heavy (non-hydrogen) atoms. The highest BCUT2D eigenvalue weighted by Gasteiger charge is 2.53. The number of carbonyl (C=O) groups excluding carboxylic acids is 1. The van der Waals surface area contributed by atoms with Crippen LogP contribution in [0.4, 0.5) is 0 Å². The first-order chi connectivity index (χ1) is 8.59. The second-order valence-corrected chi connectivity index (χ2v) is 6.80. The molecule has 0 spiro atoms. The number of aliphatic hydroxyl groups is 1. The van der Waals surface area contributed by atoms with Gasteiger partial charge in [0.2, 0.25) is 5.91 Å². The van der Waals surface area contributed by atoms with Crippen LogP contribution >= 0.6 is 0 Å². The number of nitrogens with zero attached hydrogens (tertiary/aromatic N) is 1. The van der Waals surface area contributed by atoms with Gasteiger partial charge in [-0.2, -0.15) is 0 Å². The monoisotopic (exact) mass is 251 g/mol. The number of likely N-dealkylation sites (tertiary alicyclic amines) is 1. The number of amides is 1. The Morgan fingerprint density at radius 2 is 1.94 bits per heavy atom. The predicted molar refractivity (Wildman–Crippen MR) is 70.0 cm³/mol. The van der Waals surface area contributed by atoms with Crippen LogP contribution in [0.2, 0.25) is 0 Å². The van der Waals surface area contributed by atoms with Gasteiger partial charge in [0.1, 0.15) is 0 Å². The number of carbonyl (C=O) groups is 1. The van der Waals surface area contributed by atoms with Crippen molar-refractivity contribution in [1.82, 2.24) is 4.90 Å². The van der Waals surface area contributed by atoms with E-state index in [4.69, 9.17) is 0 Å². The fourth-order valence-corrected chi connectivity index (χ4v) is 3.91. The lowest BCUT2D eigenvalue weighted by atomic mass is 9.88. The summed E-state index contributed by atoms with van der Waals surface area (Å²) in [7, 11) is 0. The lowest BCUT2D eigenvalue weighted by molar-refractivity contribution is -0.132. The highest BCUT2D eigenvalue weighted by molar-refractivity contribution is 5.77. The Kier molecular flexibility index (Phi) is 3.13. The molecule has 1 N–H and O–H groups in total. The predicted octanol–water partition coefficient (Wildman–Crippen LogP) is 2.19. The molecule has 0 unspecified atom stereocenters. The van der Waals surface area contributed by atoms with Crippen LogP contribution in [0.15, 0.2) is 0 Å². The van der Waals surface area contributed by atoms with Crippen molar-refractivity contribution in [2.24, 2.45) is 17.8 Å². The van der Waals surface area contributed by atoms with Gasteiger partial charge < -0.3 is 10.0 Å². The standard InChI is InChI=1S/C15H25NO2/c1-11-9-16(10-15(11,18)13-6-7-13)14(17)8-12-4-2-3-5-12/h11-13,18H,2-10H2,1H3/t11-,15+/m1/s1. The Morgan fingerprint density at radius 3 is 2.56 bits per heavy atom. The first-order valence-corrected chi connectivity index (χ1v) is 7.60. The maximum Gasteiger partial charge on any atom is 0.222 e. The van der Waals surface area contributed by atoms with Crippen LogP contribution in [0.25, 0.3) is 0 Å². The normalized spacial score (nSPS) is 37.4. The van der Waals surface area contributed by atoms with Crippen LogP contribution in [-0.4, -0.2) is 34.6 Å². The van der Waals surface area contributed by atoms with Crippen molar-refractivity contribution in [3.8, 4) is 0 Å². The molecule has 102 valence electrons. The number of β-amino-alcohol motifs (C(OH)–C–C–N with tert-alkyl or cyclic N) is 1. The molecule has 3 rings (SSSR count). The lowest BCUT2D eigenvalue weighted by Crippen LogP contribution is -2.40. The summed E-state index contributed by atoms with van der Waals surface area (Å²) in [6, 6.07) is 0. The van der Waals surface area contributed by atoms with E-state index in [2.05, 4.69) is 6.92 Å². The zero-order chi connectivity index (χ0) is 12.8. The molecule has 1 saturated heterocycles. The summed E-state index contributed by atoms with van der Waals surface area (Å²) < 4.78 is 0. The van der Waals surface area contributed by atoms with Crippen LogP contribution < -0.4 is 0 Å².